The van der Waals surface area contributed by atoms with Gasteiger partial charge in [-0.1, -0.05) is 6.92 Å². The molecule has 0 aromatic heterocycles. The number of methoxy groups -OCH3 is 1. The molecule has 0 saturated heterocycles. The lowest BCUT2D eigenvalue weighted by Crippen LogP contribution is -2.55. The van der Waals surface area contributed by atoms with Crippen LogP contribution in [0.15, 0.2) is 11.6 Å². The van der Waals surface area contributed by atoms with E-state index in [4.69, 9.17) is 9.47 Å². The molecule has 4 aliphatic rings. The maximum Gasteiger partial charge on any atom is 0.316 e. The summed E-state index contributed by atoms with van der Waals surface area (Å²) in [6.45, 7) is 3.76. The van der Waals surface area contributed by atoms with E-state index in [9.17, 15) is 14.4 Å². The van der Waals surface area contributed by atoms with E-state index in [0.717, 1.165) is 44.1 Å². The van der Waals surface area contributed by atoms with Crippen LogP contribution >= 0.6 is 0 Å². The number of hydrogen-bond acceptors (Lipinski definition) is 5. The summed E-state index contributed by atoms with van der Waals surface area (Å²) in [4.78, 5) is 36.6. The number of rotatable bonds is 2. The zero-order valence-corrected chi connectivity index (χ0v) is 16.6. The highest BCUT2D eigenvalue weighted by Gasteiger charge is 2.63. The van der Waals surface area contributed by atoms with Crippen LogP contribution in [0.3, 0.4) is 0 Å². The Morgan fingerprint density at radius 2 is 1.85 bits per heavy atom. The van der Waals surface area contributed by atoms with Crippen molar-refractivity contribution >= 4 is 17.7 Å². The molecule has 4 rings (SSSR count). The van der Waals surface area contributed by atoms with Crippen LogP contribution in [0.2, 0.25) is 0 Å². The van der Waals surface area contributed by atoms with Gasteiger partial charge in [-0.2, -0.15) is 0 Å². The van der Waals surface area contributed by atoms with Gasteiger partial charge in [0.2, 0.25) is 0 Å². The average Bonchev–Trinajstić information content (AvgIpc) is 2.96. The van der Waals surface area contributed by atoms with Gasteiger partial charge in [-0.25, -0.2) is 0 Å². The molecular weight excluding hydrogens is 344 g/mol. The molecule has 0 amide bonds. The van der Waals surface area contributed by atoms with E-state index < -0.39 is 5.41 Å². The Labute approximate surface area is 160 Å². The molecule has 5 nitrogen and oxygen atoms in total. The number of ketones is 1. The Kier molecular flexibility index (Phi) is 4.47. The van der Waals surface area contributed by atoms with Crippen LogP contribution in [-0.4, -0.2) is 30.9 Å². The van der Waals surface area contributed by atoms with E-state index in [2.05, 4.69) is 6.92 Å². The zero-order valence-electron chi connectivity index (χ0n) is 16.6. The number of hydrogen-bond donors (Lipinski definition) is 0. The van der Waals surface area contributed by atoms with E-state index in [-0.39, 0.29) is 35.2 Å². The smallest absolute Gasteiger partial charge is 0.316 e. The third-order valence-electron chi connectivity index (χ3n) is 8.26. The first kappa shape index (κ1) is 18.7. The van der Waals surface area contributed by atoms with E-state index in [1.807, 2.05) is 0 Å². The third-order valence-corrected chi connectivity index (χ3v) is 8.26. The molecule has 5 heteroatoms. The highest BCUT2D eigenvalue weighted by Crippen LogP contribution is 2.66. The van der Waals surface area contributed by atoms with Crippen molar-refractivity contribution in [2.45, 2.75) is 71.3 Å². The fourth-order valence-electron chi connectivity index (χ4n) is 7.13. The van der Waals surface area contributed by atoms with Crippen molar-refractivity contribution in [2.24, 2.45) is 28.6 Å². The lowest BCUT2D eigenvalue weighted by atomic mass is 9.47. The monoisotopic (exact) mass is 374 g/mol. The maximum atomic E-state index is 13.0. The zero-order chi connectivity index (χ0) is 19.4. The molecular formula is C22H30O5. The van der Waals surface area contributed by atoms with Gasteiger partial charge in [0.05, 0.1) is 12.5 Å². The summed E-state index contributed by atoms with van der Waals surface area (Å²) in [6, 6.07) is 0. The van der Waals surface area contributed by atoms with Crippen LogP contribution in [0, 0.1) is 28.6 Å². The van der Waals surface area contributed by atoms with Crippen molar-refractivity contribution < 1.29 is 23.9 Å². The highest BCUT2D eigenvalue weighted by atomic mass is 16.5. The Balaban J connectivity index is 1.70. The normalized spacial score (nSPS) is 43.1. The second-order valence-corrected chi connectivity index (χ2v) is 9.23. The van der Waals surface area contributed by atoms with Crippen LogP contribution in [0.5, 0.6) is 0 Å². The number of carbonyl (C=O) groups is 3. The van der Waals surface area contributed by atoms with Crippen molar-refractivity contribution in [3.8, 4) is 0 Å². The summed E-state index contributed by atoms with van der Waals surface area (Å²) in [6.07, 6.45) is 8.39. The second-order valence-electron chi connectivity index (χ2n) is 9.23. The minimum atomic E-state index is -0.619. The van der Waals surface area contributed by atoms with Crippen LogP contribution < -0.4 is 0 Å². The molecule has 6 unspecified atom stereocenters. The summed E-state index contributed by atoms with van der Waals surface area (Å²) in [5, 5.41) is 0. The van der Waals surface area contributed by atoms with Crippen LogP contribution in [0.25, 0.3) is 0 Å². The summed E-state index contributed by atoms with van der Waals surface area (Å²) in [5.74, 6) is 0.894. The van der Waals surface area contributed by atoms with Gasteiger partial charge >= 0.3 is 11.9 Å². The Hall–Kier alpha value is -1.65. The third kappa shape index (κ3) is 2.60. The van der Waals surface area contributed by atoms with Crippen molar-refractivity contribution in [3.63, 3.8) is 0 Å². The quantitative estimate of drug-likeness (QED) is 0.691. The van der Waals surface area contributed by atoms with Crippen molar-refractivity contribution in [1.29, 1.82) is 0 Å². The highest BCUT2D eigenvalue weighted by molar-refractivity contribution is 5.95. The summed E-state index contributed by atoms with van der Waals surface area (Å²) in [7, 11) is 1.47. The van der Waals surface area contributed by atoms with Crippen LogP contribution in [0.1, 0.15) is 65.2 Å². The second kappa shape index (κ2) is 6.46. The minimum Gasteiger partial charge on any atom is -0.468 e. The van der Waals surface area contributed by atoms with Crippen LogP contribution in [-0.2, 0) is 23.9 Å². The van der Waals surface area contributed by atoms with E-state index in [1.54, 1.807) is 6.08 Å². The molecule has 0 aromatic rings. The van der Waals surface area contributed by atoms with Crippen LogP contribution in [0.4, 0.5) is 0 Å². The molecule has 148 valence electrons. The molecule has 4 aliphatic carbocycles. The summed E-state index contributed by atoms with van der Waals surface area (Å²) < 4.78 is 11.0. The Morgan fingerprint density at radius 1 is 1.07 bits per heavy atom. The van der Waals surface area contributed by atoms with Gasteiger partial charge in [0.25, 0.3) is 0 Å². The van der Waals surface area contributed by atoms with E-state index in [0.29, 0.717) is 24.7 Å². The predicted molar refractivity (Wildman–Crippen MR) is 98.6 cm³/mol. The topological polar surface area (TPSA) is 69.7 Å². The number of ether oxygens (including phenoxy) is 2. The lowest BCUT2D eigenvalue weighted by molar-refractivity contribution is -0.167. The molecule has 3 saturated carbocycles. The SMILES string of the molecule is COC(=O)C12CCC(=O)C=C1CCC1C2CCC2(C)C(OC(C)=O)CCC12. The van der Waals surface area contributed by atoms with Gasteiger partial charge in [0.1, 0.15) is 6.10 Å². The van der Waals surface area contributed by atoms with E-state index >= 15 is 0 Å². The van der Waals surface area contributed by atoms with Gasteiger partial charge in [-0.3, -0.25) is 14.4 Å². The molecule has 6 atom stereocenters. The van der Waals surface area contributed by atoms with Gasteiger partial charge in [-0.05, 0) is 74.3 Å². The Bertz CT molecular complexity index is 709. The molecule has 0 N–H and O–H groups in total. The fraction of sp³-hybridized carbons (Fsp3) is 0.773. The predicted octanol–water partition coefficient (Wildman–Crippen LogP) is 3.60. The number of fused-ring (bicyclic) bond motifs is 5. The molecule has 0 heterocycles. The van der Waals surface area contributed by atoms with Gasteiger partial charge in [0.15, 0.2) is 5.78 Å². The minimum absolute atomic E-state index is 0.00412. The molecule has 0 spiro atoms. The van der Waals surface area contributed by atoms with Gasteiger partial charge in [0, 0.05) is 18.8 Å². The molecule has 27 heavy (non-hydrogen) atoms. The van der Waals surface area contributed by atoms with Gasteiger partial charge in [-0.15, -0.1) is 0 Å². The molecule has 3 fully saturated rings. The van der Waals surface area contributed by atoms with Crippen molar-refractivity contribution in [3.05, 3.63) is 11.6 Å². The molecule has 0 bridgehead atoms. The first-order valence-corrected chi connectivity index (χ1v) is 10.3. The average molecular weight is 374 g/mol. The van der Waals surface area contributed by atoms with Gasteiger partial charge < -0.3 is 9.47 Å². The number of carbonyl (C=O) groups excluding carboxylic acids is 3. The molecule has 0 radical (unpaired) electrons. The standard InChI is InChI=1S/C22H30O5/c1-13(23)27-19-7-6-17-16-5-4-14-12-15(24)8-11-22(14,20(25)26-3)18(16)9-10-21(17,19)2/h12,16-19H,4-11H2,1-3H3. The lowest BCUT2D eigenvalue weighted by Gasteiger charge is -2.57. The molecule has 0 aliphatic heterocycles. The Morgan fingerprint density at radius 3 is 2.56 bits per heavy atom. The van der Waals surface area contributed by atoms with Crippen molar-refractivity contribution in [1.82, 2.24) is 0 Å². The van der Waals surface area contributed by atoms with Crippen molar-refractivity contribution in [2.75, 3.05) is 7.11 Å². The number of esters is 2. The fourth-order valence-corrected chi connectivity index (χ4v) is 7.13. The maximum absolute atomic E-state index is 13.0. The molecule has 0 aromatic carbocycles. The summed E-state index contributed by atoms with van der Waals surface area (Å²) in [5.41, 5.74) is 0.382. The summed E-state index contributed by atoms with van der Waals surface area (Å²) >= 11 is 0. The first-order valence-electron chi connectivity index (χ1n) is 10.3. The first-order chi connectivity index (χ1) is 12.8. The van der Waals surface area contributed by atoms with E-state index in [1.165, 1.54) is 14.0 Å². The largest absolute Gasteiger partial charge is 0.468 e.